The van der Waals surface area contributed by atoms with Gasteiger partial charge in [0.25, 0.3) is 0 Å². The topological polar surface area (TPSA) is 0 Å². The minimum Gasteiger partial charge on any atom is -0.0999 e. The summed E-state index contributed by atoms with van der Waals surface area (Å²) in [4.78, 5) is 0. The fourth-order valence-electron chi connectivity index (χ4n) is 5.70. The van der Waals surface area contributed by atoms with Gasteiger partial charge in [-0.2, -0.15) is 0 Å². The number of allylic oxidation sites excluding steroid dienone is 3. The third-order valence-corrected chi connectivity index (χ3v) is 8.66. The summed E-state index contributed by atoms with van der Waals surface area (Å²) in [5.41, 5.74) is 4.40. The molecule has 0 fully saturated rings. The molecule has 0 heterocycles. The number of hydrogen-bond donors (Lipinski definition) is 0. The summed E-state index contributed by atoms with van der Waals surface area (Å²) in [6.45, 7) is 20.0. The van der Waals surface area contributed by atoms with E-state index in [0.29, 0.717) is 0 Å². The monoisotopic (exact) mass is 529 g/mol. The molecular formula is C38H72. The van der Waals surface area contributed by atoms with Crippen molar-refractivity contribution in [2.45, 2.75) is 201 Å². The van der Waals surface area contributed by atoms with Gasteiger partial charge in [-0.05, 0) is 70.1 Å². The van der Waals surface area contributed by atoms with Gasteiger partial charge in [-0.25, -0.2) is 0 Å². The van der Waals surface area contributed by atoms with Gasteiger partial charge in [0.15, 0.2) is 0 Å². The Labute approximate surface area is 242 Å². The lowest BCUT2D eigenvalue weighted by Gasteiger charge is -2.20. The summed E-state index contributed by atoms with van der Waals surface area (Å²) in [6.07, 6.45) is 38.1. The third kappa shape index (κ3) is 26.8. The minimum atomic E-state index is 0.763. The van der Waals surface area contributed by atoms with Gasteiger partial charge in [-0.1, -0.05) is 173 Å². The van der Waals surface area contributed by atoms with Gasteiger partial charge < -0.3 is 0 Å². The van der Waals surface area contributed by atoms with Crippen LogP contribution in [0, 0.1) is 5.92 Å². The predicted octanol–water partition coefficient (Wildman–Crippen LogP) is 14.3. The first-order valence-corrected chi connectivity index (χ1v) is 17.5. The molecule has 0 radical (unpaired) electrons. The molecule has 0 saturated carbocycles. The van der Waals surface area contributed by atoms with E-state index in [4.69, 9.17) is 0 Å². The van der Waals surface area contributed by atoms with Crippen LogP contribution in [0.4, 0.5) is 0 Å². The highest BCUT2D eigenvalue weighted by atomic mass is 14.2. The zero-order chi connectivity index (χ0) is 28.1. The number of rotatable bonds is 31. The Balaban J connectivity index is 3.95. The molecule has 0 nitrogen and oxygen atoms in total. The van der Waals surface area contributed by atoms with E-state index in [-0.39, 0.29) is 0 Å². The van der Waals surface area contributed by atoms with Gasteiger partial charge >= 0.3 is 0 Å². The standard InChI is InChI=1S/C38H72/c1-7-10-12-14-16-17-18-19-20-21-22-23-25-27-29-37(6)34-38(32-30-35(4)9-3)33-31-36(5)28-26-24-15-13-11-8-2/h38H,4-34H2,1-3H3. The second-order valence-electron chi connectivity index (χ2n) is 12.6. The first-order chi connectivity index (χ1) is 18.5. The van der Waals surface area contributed by atoms with E-state index in [1.807, 2.05) is 0 Å². The Hall–Kier alpha value is -0.780. The predicted molar refractivity (Wildman–Crippen MR) is 177 cm³/mol. The van der Waals surface area contributed by atoms with Gasteiger partial charge in [0.05, 0.1) is 0 Å². The van der Waals surface area contributed by atoms with Crippen LogP contribution in [0.15, 0.2) is 36.5 Å². The van der Waals surface area contributed by atoms with E-state index in [1.165, 1.54) is 190 Å². The highest BCUT2D eigenvalue weighted by molar-refractivity contribution is 5.00. The van der Waals surface area contributed by atoms with Gasteiger partial charge in [-0.3, -0.25) is 0 Å². The molecule has 0 rings (SSSR count). The average Bonchev–Trinajstić information content (AvgIpc) is 2.92. The summed E-state index contributed by atoms with van der Waals surface area (Å²) >= 11 is 0. The quantitative estimate of drug-likeness (QED) is 0.0620. The molecule has 0 amide bonds. The second-order valence-corrected chi connectivity index (χ2v) is 12.6. The lowest BCUT2D eigenvalue weighted by Crippen LogP contribution is -2.04. The molecule has 0 spiro atoms. The smallest absolute Gasteiger partial charge is 0.0294 e. The van der Waals surface area contributed by atoms with Crippen LogP contribution < -0.4 is 0 Å². The number of unbranched alkanes of at least 4 members (excludes halogenated alkanes) is 18. The molecule has 0 heteroatoms. The molecule has 0 bridgehead atoms. The second kappa shape index (κ2) is 29.2. The molecule has 0 aromatic carbocycles. The van der Waals surface area contributed by atoms with Crippen LogP contribution in [0.2, 0.25) is 0 Å². The lowest BCUT2D eigenvalue weighted by molar-refractivity contribution is 0.434. The zero-order valence-corrected chi connectivity index (χ0v) is 27.0. The average molecular weight is 529 g/mol. The molecule has 0 aliphatic heterocycles. The molecule has 0 aromatic heterocycles. The van der Waals surface area contributed by atoms with E-state index < -0.39 is 0 Å². The van der Waals surface area contributed by atoms with Crippen molar-refractivity contribution >= 4 is 0 Å². The molecular weight excluding hydrogens is 456 g/mol. The highest BCUT2D eigenvalue weighted by Crippen LogP contribution is 2.28. The first kappa shape index (κ1) is 37.2. The summed E-state index contributed by atoms with van der Waals surface area (Å²) in [5, 5.41) is 0. The fraction of sp³-hybridized carbons (Fsp3) is 0.842. The molecule has 1 atom stereocenters. The normalized spacial score (nSPS) is 12.1. The van der Waals surface area contributed by atoms with Crippen LogP contribution in [0.3, 0.4) is 0 Å². The van der Waals surface area contributed by atoms with Crippen LogP contribution in [0.1, 0.15) is 201 Å². The summed E-state index contributed by atoms with van der Waals surface area (Å²) < 4.78 is 0. The maximum Gasteiger partial charge on any atom is -0.0294 e. The van der Waals surface area contributed by atoms with Gasteiger partial charge in [0, 0.05) is 0 Å². The molecule has 0 N–H and O–H groups in total. The Bertz CT molecular complexity index is 538. The van der Waals surface area contributed by atoms with E-state index in [0.717, 1.165) is 12.3 Å². The van der Waals surface area contributed by atoms with Gasteiger partial charge in [0.2, 0.25) is 0 Å². The van der Waals surface area contributed by atoms with Crippen molar-refractivity contribution in [2.24, 2.45) is 5.92 Å². The van der Waals surface area contributed by atoms with Crippen LogP contribution >= 0.6 is 0 Å². The summed E-state index contributed by atoms with van der Waals surface area (Å²) in [5.74, 6) is 0.763. The molecule has 224 valence electrons. The van der Waals surface area contributed by atoms with E-state index in [2.05, 4.69) is 40.5 Å². The van der Waals surface area contributed by atoms with Crippen molar-refractivity contribution in [1.29, 1.82) is 0 Å². The SMILES string of the molecule is C=C(CC)CCC(CCC(=C)CCCCCCCC)CC(=C)CCCCCCCCCCCCCCCC. The Morgan fingerprint density at radius 3 is 1.13 bits per heavy atom. The van der Waals surface area contributed by atoms with Crippen molar-refractivity contribution in [3.63, 3.8) is 0 Å². The van der Waals surface area contributed by atoms with Crippen molar-refractivity contribution in [1.82, 2.24) is 0 Å². The van der Waals surface area contributed by atoms with Crippen LogP contribution in [-0.4, -0.2) is 0 Å². The van der Waals surface area contributed by atoms with Crippen molar-refractivity contribution in [3.05, 3.63) is 36.5 Å². The van der Waals surface area contributed by atoms with Crippen LogP contribution in [0.25, 0.3) is 0 Å². The fourth-order valence-corrected chi connectivity index (χ4v) is 5.70. The number of hydrogen-bond acceptors (Lipinski definition) is 0. The molecule has 38 heavy (non-hydrogen) atoms. The van der Waals surface area contributed by atoms with E-state index in [1.54, 1.807) is 0 Å². The lowest BCUT2D eigenvalue weighted by atomic mass is 9.86. The Kier molecular flexibility index (Phi) is 28.6. The zero-order valence-electron chi connectivity index (χ0n) is 27.0. The Morgan fingerprint density at radius 1 is 0.395 bits per heavy atom. The third-order valence-electron chi connectivity index (χ3n) is 8.66. The van der Waals surface area contributed by atoms with E-state index >= 15 is 0 Å². The Morgan fingerprint density at radius 2 is 0.737 bits per heavy atom. The van der Waals surface area contributed by atoms with Crippen molar-refractivity contribution in [3.8, 4) is 0 Å². The molecule has 0 saturated heterocycles. The minimum absolute atomic E-state index is 0.763. The van der Waals surface area contributed by atoms with Gasteiger partial charge in [-0.15, -0.1) is 0 Å². The maximum absolute atomic E-state index is 4.51. The van der Waals surface area contributed by atoms with E-state index in [9.17, 15) is 0 Å². The largest absolute Gasteiger partial charge is 0.0999 e. The highest BCUT2D eigenvalue weighted by Gasteiger charge is 2.12. The molecule has 0 aliphatic carbocycles. The van der Waals surface area contributed by atoms with Crippen molar-refractivity contribution in [2.75, 3.05) is 0 Å². The summed E-state index contributed by atoms with van der Waals surface area (Å²) in [6, 6.07) is 0. The van der Waals surface area contributed by atoms with Crippen LogP contribution in [0.5, 0.6) is 0 Å². The first-order valence-electron chi connectivity index (χ1n) is 17.5. The van der Waals surface area contributed by atoms with Crippen molar-refractivity contribution < 1.29 is 0 Å². The molecule has 0 aromatic rings. The molecule has 1 unspecified atom stereocenters. The molecule has 0 aliphatic rings. The maximum atomic E-state index is 4.51. The van der Waals surface area contributed by atoms with Crippen LogP contribution in [-0.2, 0) is 0 Å². The summed E-state index contributed by atoms with van der Waals surface area (Å²) in [7, 11) is 0. The van der Waals surface area contributed by atoms with Gasteiger partial charge in [0.1, 0.15) is 0 Å².